The molecule has 2 aromatic heterocycles. The van der Waals surface area contributed by atoms with Crippen LogP contribution in [0.15, 0.2) is 48.5 Å². The first-order valence-electron chi connectivity index (χ1n) is 10.2. The number of ether oxygens (including phenoxy) is 1. The van der Waals surface area contributed by atoms with Crippen LogP contribution < -0.4 is 5.32 Å². The number of aromatic nitrogens is 1. The number of para-hydroxylation sites is 1. The van der Waals surface area contributed by atoms with Crippen molar-refractivity contribution in [1.82, 2.24) is 9.88 Å². The first kappa shape index (κ1) is 20.7. The van der Waals surface area contributed by atoms with E-state index in [1.807, 2.05) is 49.4 Å². The number of nitrogens with zero attached hydrogens (tertiary/aromatic N) is 2. The first-order chi connectivity index (χ1) is 15.5. The van der Waals surface area contributed by atoms with E-state index in [1.54, 1.807) is 16.2 Å². The van der Waals surface area contributed by atoms with E-state index in [9.17, 15) is 9.59 Å². The van der Waals surface area contributed by atoms with Gasteiger partial charge >= 0.3 is 6.09 Å². The van der Waals surface area contributed by atoms with Crippen molar-refractivity contribution in [3.05, 3.63) is 70.1 Å². The Balaban J connectivity index is 1.58. The average Bonchev–Trinajstić information content (AvgIpc) is 3.38. The van der Waals surface area contributed by atoms with Crippen LogP contribution in [0.5, 0.6) is 0 Å². The molecule has 0 radical (unpaired) electrons. The molecular formula is C24H21N3O3S2. The fraction of sp³-hybridized carbons (Fsp3) is 0.208. The van der Waals surface area contributed by atoms with E-state index in [-0.39, 0.29) is 12.0 Å². The molecule has 0 unspecified atom stereocenters. The molecule has 0 bridgehead atoms. The van der Waals surface area contributed by atoms with Gasteiger partial charge < -0.3 is 15.0 Å². The summed E-state index contributed by atoms with van der Waals surface area (Å²) in [6.07, 6.45) is 0.350. The second-order valence-electron chi connectivity index (χ2n) is 7.66. The van der Waals surface area contributed by atoms with Crippen molar-refractivity contribution in [3.63, 3.8) is 0 Å². The standard InChI is InChI=1S/C24H21N3O3S2/c1-14-6-5-7-15(12-14)21(28)26-23-20(22-25-17-8-3-4-9-18(17)31-22)16-10-11-27(24(29)30-2)13-19(16)32-23/h3-9,12H,10-11,13H2,1-2H3,(H,26,28). The molecule has 0 aliphatic carbocycles. The number of fused-ring (bicyclic) bond motifs is 2. The number of thiazole rings is 1. The average molecular weight is 464 g/mol. The van der Waals surface area contributed by atoms with Gasteiger partial charge in [-0.2, -0.15) is 0 Å². The predicted octanol–water partition coefficient (Wildman–Crippen LogP) is 5.71. The molecule has 2 aromatic carbocycles. The van der Waals surface area contributed by atoms with E-state index in [4.69, 9.17) is 9.72 Å². The second-order valence-corrected chi connectivity index (χ2v) is 9.80. The fourth-order valence-electron chi connectivity index (χ4n) is 3.94. The van der Waals surface area contributed by atoms with Crippen LogP contribution in [0.25, 0.3) is 20.8 Å². The smallest absolute Gasteiger partial charge is 0.409 e. The highest BCUT2D eigenvalue weighted by Crippen LogP contribution is 2.45. The number of thiophene rings is 1. The number of amides is 2. The summed E-state index contributed by atoms with van der Waals surface area (Å²) >= 11 is 3.13. The number of aryl methyl sites for hydroxylation is 1. The molecule has 162 valence electrons. The van der Waals surface area contributed by atoms with Gasteiger partial charge in [-0.3, -0.25) is 4.79 Å². The van der Waals surface area contributed by atoms with Gasteiger partial charge in [0.2, 0.25) is 0 Å². The van der Waals surface area contributed by atoms with Gasteiger partial charge in [-0.05, 0) is 43.2 Å². The highest BCUT2D eigenvalue weighted by atomic mass is 32.1. The fourth-order valence-corrected chi connectivity index (χ4v) is 6.31. The summed E-state index contributed by atoms with van der Waals surface area (Å²) in [5.74, 6) is -0.153. The zero-order valence-corrected chi connectivity index (χ0v) is 19.3. The van der Waals surface area contributed by atoms with Crippen LogP contribution in [-0.2, 0) is 17.7 Å². The zero-order valence-electron chi connectivity index (χ0n) is 17.7. The number of carbonyl (C=O) groups excluding carboxylic acids is 2. The number of hydrogen-bond acceptors (Lipinski definition) is 6. The maximum Gasteiger partial charge on any atom is 0.409 e. The van der Waals surface area contributed by atoms with Crippen LogP contribution >= 0.6 is 22.7 Å². The Morgan fingerprint density at radius 2 is 1.97 bits per heavy atom. The van der Waals surface area contributed by atoms with Crippen LogP contribution in [0, 0.1) is 6.92 Å². The minimum atomic E-state index is -0.337. The molecule has 6 nitrogen and oxygen atoms in total. The lowest BCUT2D eigenvalue weighted by atomic mass is 10.0. The molecule has 2 amide bonds. The van der Waals surface area contributed by atoms with E-state index in [2.05, 4.69) is 11.4 Å². The third-order valence-electron chi connectivity index (χ3n) is 5.50. The van der Waals surface area contributed by atoms with Crippen molar-refractivity contribution in [2.45, 2.75) is 19.9 Å². The van der Waals surface area contributed by atoms with Crippen molar-refractivity contribution in [3.8, 4) is 10.6 Å². The molecule has 0 fully saturated rings. The van der Waals surface area contributed by atoms with Crippen molar-refractivity contribution >= 4 is 49.9 Å². The van der Waals surface area contributed by atoms with Gasteiger partial charge in [-0.25, -0.2) is 9.78 Å². The number of nitrogens with one attached hydrogen (secondary N) is 1. The van der Waals surface area contributed by atoms with E-state index in [0.717, 1.165) is 41.8 Å². The Hall–Kier alpha value is -3.23. The van der Waals surface area contributed by atoms with Gasteiger partial charge in [-0.1, -0.05) is 29.8 Å². The van der Waals surface area contributed by atoms with E-state index in [0.29, 0.717) is 25.1 Å². The molecule has 0 saturated heterocycles. The van der Waals surface area contributed by atoms with E-state index < -0.39 is 0 Å². The van der Waals surface area contributed by atoms with Crippen LogP contribution in [0.3, 0.4) is 0 Å². The molecule has 3 heterocycles. The molecule has 32 heavy (non-hydrogen) atoms. The van der Waals surface area contributed by atoms with Crippen molar-refractivity contribution in [1.29, 1.82) is 0 Å². The number of anilines is 1. The molecule has 1 N–H and O–H groups in total. The number of carbonyl (C=O) groups is 2. The normalized spacial score (nSPS) is 13.1. The van der Waals surface area contributed by atoms with Crippen LogP contribution in [0.1, 0.15) is 26.4 Å². The van der Waals surface area contributed by atoms with Gasteiger partial charge in [0.25, 0.3) is 5.91 Å². The minimum Gasteiger partial charge on any atom is -0.453 e. The molecule has 1 aliphatic rings. The monoisotopic (exact) mass is 463 g/mol. The van der Waals surface area contributed by atoms with Crippen LogP contribution in [0.2, 0.25) is 0 Å². The minimum absolute atomic E-state index is 0.153. The number of rotatable bonds is 3. The van der Waals surface area contributed by atoms with Crippen molar-refractivity contribution < 1.29 is 14.3 Å². The molecule has 5 rings (SSSR count). The number of methoxy groups -OCH3 is 1. The molecular weight excluding hydrogens is 442 g/mol. The third kappa shape index (κ3) is 3.76. The SMILES string of the molecule is COC(=O)N1CCc2c(sc(NC(=O)c3cccc(C)c3)c2-c2nc3ccccc3s2)C1. The van der Waals surface area contributed by atoms with Crippen LogP contribution in [0.4, 0.5) is 9.80 Å². The summed E-state index contributed by atoms with van der Waals surface area (Å²) in [4.78, 5) is 32.7. The number of benzene rings is 2. The summed E-state index contributed by atoms with van der Waals surface area (Å²) in [5, 5.41) is 4.78. The number of hydrogen-bond donors (Lipinski definition) is 1. The first-order valence-corrected chi connectivity index (χ1v) is 11.9. The van der Waals surface area contributed by atoms with Gasteiger partial charge in [0, 0.05) is 22.5 Å². The Morgan fingerprint density at radius 1 is 1.12 bits per heavy atom. The molecule has 0 atom stereocenters. The predicted molar refractivity (Wildman–Crippen MR) is 129 cm³/mol. The Labute approximate surface area is 193 Å². The Bertz CT molecular complexity index is 1310. The summed E-state index contributed by atoms with van der Waals surface area (Å²) < 4.78 is 6.01. The lowest BCUT2D eigenvalue weighted by Crippen LogP contribution is -2.35. The lowest BCUT2D eigenvalue weighted by molar-refractivity contribution is 0.102. The highest BCUT2D eigenvalue weighted by molar-refractivity contribution is 7.23. The second kappa shape index (κ2) is 8.37. The summed E-state index contributed by atoms with van der Waals surface area (Å²) in [6.45, 7) is 3.00. The van der Waals surface area contributed by atoms with Gasteiger partial charge in [-0.15, -0.1) is 22.7 Å². The highest BCUT2D eigenvalue weighted by Gasteiger charge is 2.30. The Kier molecular flexibility index (Phi) is 5.40. The quantitative estimate of drug-likeness (QED) is 0.422. The molecule has 0 saturated carbocycles. The summed E-state index contributed by atoms with van der Waals surface area (Å²) in [7, 11) is 1.40. The van der Waals surface area contributed by atoms with Crippen LogP contribution in [-0.4, -0.2) is 35.5 Å². The topological polar surface area (TPSA) is 71.5 Å². The summed E-state index contributed by atoms with van der Waals surface area (Å²) in [5.41, 5.74) is 4.70. The van der Waals surface area contributed by atoms with Gasteiger partial charge in [0.1, 0.15) is 10.0 Å². The van der Waals surface area contributed by atoms with Gasteiger partial charge in [0.05, 0.1) is 23.9 Å². The maximum atomic E-state index is 13.0. The Morgan fingerprint density at radius 3 is 2.75 bits per heavy atom. The maximum absolute atomic E-state index is 13.0. The van der Waals surface area contributed by atoms with Gasteiger partial charge in [0.15, 0.2) is 0 Å². The largest absolute Gasteiger partial charge is 0.453 e. The lowest BCUT2D eigenvalue weighted by Gasteiger charge is -2.25. The zero-order chi connectivity index (χ0) is 22.2. The van der Waals surface area contributed by atoms with E-state index in [1.165, 1.54) is 18.4 Å². The molecule has 0 spiro atoms. The summed E-state index contributed by atoms with van der Waals surface area (Å²) in [6, 6.07) is 15.6. The van der Waals surface area contributed by atoms with E-state index >= 15 is 0 Å². The third-order valence-corrected chi connectivity index (χ3v) is 7.69. The molecule has 4 aromatic rings. The van der Waals surface area contributed by atoms with Crippen molar-refractivity contribution in [2.75, 3.05) is 19.0 Å². The molecule has 1 aliphatic heterocycles. The van der Waals surface area contributed by atoms with Crippen molar-refractivity contribution in [2.24, 2.45) is 0 Å². The molecule has 8 heteroatoms.